The summed E-state index contributed by atoms with van der Waals surface area (Å²) in [4.78, 5) is 6.37. The van der Waals surface area contributed by atoms with E-state index in [0.29, 0.717) is 13.1 Å². The van der Waals surface area contributed by atoms with Gasteiger partial charge in [0.25, 0.3) is 0 Å². The van der Waals surface area contributed by atoms with Gasteiger partial charge < -0.3 is 10.0 Å². The number of anilines is 1. The van der Waals surface area contributed by atoms with Crippen LogP contribution in [0.1, 0.15) is 6.92 Å². The minimum Gasteiger partial charge on any atom is -0.386 e. The Balaban J connectivity index is 2.02. The van der Waals surface area contributed by atoms with Crippen molar-refractivity contribution in [1.29, 1.82) is 0 Å². The predicted molar refractivity (Wildman–Crippen MR) is 55.8 cm³/mol. The molecule has 0 aliphatic carbocycles. The van der Waals surface area contributed by atoms with Gasteiger partial charge in [0, 0.05) is 25.5 Å². The standard InChI is InChI=1S/C10H12N4O/c1-10(15)6-13(7-10)9-8-2-3-12-14(8)5-4-11-9/h2-5,15H,6-7H2,1H3. The molecular weight excluding hydrogens is 192 g/mol. The average molecular weight is 204 g/mol. The molecule has 0 amide bonds. The quantitative estimate of drug-likeness (QED) is 0.726. The summed E-state index contributed by atoms with van der Waals surface area (Å²) in [6.07, 6.45) is 5.29. The Morgan fingerprint density at radius 3 is 2.93 bits per heavy atom. The van der Waals surface area contributed by atoms with Crippen molar-refractivity contribution in [2.24, 2.45) is 0 Å². The Labute approximate surface area is 87.0 Å². The fourth-order valence-electron chi connectivity index (χ4n) is 2.01. The second kappa shape index (κ2) is 2.70. The summed E-state index contributed by atoms with van der Waals surface area (Å²) in [5, 5.41) is 13.8. The largest absolute Gasteiger partial charge is 0.386 e. The zero-order valence-corrected chi connectivity index (χ0v) is 8.46. The number of aliphatic hydroxyl groups is 1. The van der Waals surface area contributed by atoms with Crippen LogP contribution in [0.3, 0.4) is 0 Å². The van der Waals surface area contributed by atoms with Crippen molar-refractivity contribution >= 4 is 11.3 Å². The number of aromatic nitrogens is 3. The zero-order chi connectivity index (χ0) is 10.5. The van der Waals surface area contributed by atoms with Gasteiger partial charge in [-0.1, -0.05) is 0 Å². The van der Waals surface area contributed by atoms with Crippen molar-refractivity contribution in [2.45, 2.75) is 12.5 Å². The van der Waals surface area contributed by atoms with Crippen LogP contribution in [0.4, 0.5) is 5.82 Å². The maximum absolute atomic E-state index is 9.68. The van der Waals surface area contributed by atoms with Crippen LogP contribution in [0.25, 0.3) is 5.52 Å². The van der Waals surface area contributed by atoms with Crippen molar-refractivity contribution in [3.05, 3.63) is 24.7 Å². The van der Waals surface area contributed by atoms with Crippen molar-refractivity contribution in [3.8, 4) is 0 Å². The number of rotatable bonds is 1. The van der Waals surface area contributed by atoms with Crippen LogP contribution < -0.4 is 4.90 Å². The topological polar surface area (TPSA) is 53.7 Å². The minimum absolute atomic E-state index is 0.575. The van der Waals surface area contributed by atoms with Crippen LogP contribution in [0.5, 0.6) is 0 Å². The smallest absolute Gasteiger partial charge is 0.154 e. The Bertz CT molecular complexity index is 497. The highest BCUT2D eigenvalue weighted by atomic mass is 16.3. The first-order valence-corrected chi connectivity index (χ1v) is 4.91. The monoisotopic (exact) mass is 204 g/mol. The highest BCUT2D eigenvalue weighted by Crippen LogP contribution is 2.28. The number of β-amino-alcohol motifs (C(OH)–C–C–N with tert-alkyl or cyclic N) is 1. The van der Waals surface area contributed by atoms with Crippen molar-refractivity contribution in [2.75, 3.05) is 18.0 Å². The van der Waals surface area contributed by atoms with Crippen molar-refractivity contribution in [1.82, 2.24) is 14.6 Å². The molecule has 0 bridgehead atoms. The molecule has 0 unspecified atom stereocenters. The molecule has 1 aliphatic rings. The average Bonchev–Trinajstić information content (AvgIpc) is 2.60. The van der Waals surface area contributed by atoms with E-state index >= 15 is 0 Å². The van der Waals surface area contributed by atoms with E-state index in [2.05, 4.69) is 15.0 Å². The van der Waals surface area contributed by atoms with Crippen LogP contribution in [0, 0.1) is 0 Å². The lowest BCUT2D eigenvalue weighted by molar-refractivity contribution is 0.0307. The van der Waals surface area contributed by atoms with Gasteiger partial charge in [-0.05, 0) is 13.0 Å². The van der Waals surface area contributed by atoms with Gasteiger partial charge in [-0.15, -0.1) is 0 Å². The van der Waals surface area contributed by atoms with E-state index in [1.54, 1.807) is 16.9 Å². The first-order chi connectivity index (χ1) is 7.16. The Morgan fingerprint density at radius 1 is 1.40 bits per heavy atom. The lowest BCUT2D eigenvalue weighted by Gasteiger charge is -2.44. The third-order valence-corrected chi connectivity index (χ3v) is 2.67. The Morgan fingerprint density at radius 2 is 2.20 bits per heavy atom. The van der Waals surface area contributed by atoms with Crippen molar-refractivity contribution < 1.29 is 5.11 Å². The summed E-state index contributed by atoms with van der Waals surface area (Å²) in [7, 11) is 0. The molecule has 1 saturated heterocycles. The minimum atomic E-state index is -0.575. The first kappa shape index (κ1) is 8.67. The SMILES string of the molecule is CC1(O)CN(c2nccn3nccc23)C1. The van der Waals surface area contributed by atoms with Gasteiger partial charge in [0.2, 0.25) is 0 Å². The Hall–Kier alpha value is -1.62. The number of hydrogen-bond acceptors (Lipinski definition) is 4. The molecule has 78 valence electrons. The molecule has 1 fully saturated rings. The van der Waals surface area contributed by atoms with Crippen LogP contribution in [0.2, 0.25) is 0 Å². The highest BCUT2D eigenvalue weighted by molar-refractivity contribution is 5.69. The third-order valence-electron chi connectivity index (χ3n) is 2.67. The third kappa shape index (κ3) is 1.27. The fraction of sp³-hybridized carbons (Fsp3) is 0.400. The molecule has 3 heterocycles. The molecule has 2 aromatic rings. The maximum Gasteiger partial charge on any atom is 0.154 e. The van der Waals surface area contributed by atoms with Gasteiger partial charge in [0.05, 0.1) is 11.8 Å². The van der Waals surface area contributed by atoms with Gasteiger partial charge in [-0.25, -0.2) is 9.50 Å². The van der Waals surface area contributed by atoms with Crippen molar-refractivity contribution in [3.63, 3.8) is 0 Å². The van der Waals surface area contributed by atoms with Crippen LogP contribution >= 0.6 is 0 Å². The van der Waals surface area contributed by atoms with E-state index in [4.69, 9.17) is 0 Å². The second-order valence-corrected chi connectivity index (χ2v) is 4.26. The molecule has 0 radical (unpaired) electrons. The summed E-state index contributed by atoms with van der Waals surface area (Å²) < 4.78 is 1.79. The van der Waals surface area contributed by atoms with E-state index in [1.165, 1.54) is 0 Å². The molecule has 5 nitrogen and oxygen atoms in total. The van der Waals surface area contributed by atoms with Crippen LogP contribution in [-0.2, 0) is 0 Å². The van der Waals surface area contributed by atoms with Gasteiger partial charge in [-0.2, -0.15) is 5.10 Å². The van der Waals surface area contributed by atoms with E-state index < -0.39 is 5.60 Å². The fourth-order valence-corrected chi connectivity index (χ4v) is 2.01. The summed E-state index contributed by atoms with van der Waals surface area (Å²) in [5.74, 6) is 0.890. The molecule has 0 saturated carbocycles. The molecule has 1 aliphatic heterocycles. The normalized spacial score (nSPS) is 19.2. The highest BCUT2D eigenvalue weighted by Gasteiger charge is 2.37. The van der Waals surface area contributed by atoms with Gasteiger partial charge in [-0.3, -0.25) is 0 Å². The van der Waals surface area contributed by atoms with E-state index in [-0.39, 0.29) is 0 Å². The molecule has 2 aromatic heterocycles. The molecule has 5 heteroatoms. The molecule has 1 N–H and O–H groups in total. The molecule has 0 aromatic carbocycles. The molecule has 3 rings (SSSR count). The molecule has 15 heavy (non-hydrogen) atoms. The van der Waals surface area contributed by atoms with Gasteiger partial charge in [0.1, 0.15) is 5.52 Å². The van der Waals surface area contributed by atoms with Crippen LogP contribution in [-0.4, -0.2) is 38.4 Å². The number of hydrogen-bond donors (Lipinski definition) is 1. The summed E-state index contributed by atoms with van der Waals surface area (Å²) in [6, 6.07) is 1.93. The summed E-state index contributed by atoms with van der Waals surface area (Å²) in [5.41, 5.74) is 0.405. The van der Waals surface area contributed by atoms with E-state index in [9.17, 15) is 5.11 Å². The summed E-state index contributed by atoms with van der Waals surface area (Å²) in [6.45, 7) is 3.09. The van der Waals surface area contributed by atoms with Gasteiger partial charge in [0.15, 0.2) is 5.82 Å². The summed E-state index contributed by atoms with van der Waals surface area (Å²) >= 11 is 0. The van der Waals surface area contributed by atoms with Gasteiger partial charge >= 0.3 is 0 Å². The lowest BCUT2D eigenvalue weighted by atomic mass is 9.97. The number of nitrogens with zero attached hydrogens (tertiary/aromatic N) is 4. The molecule has 0 spiro atoms. The van der Waals surface area contributed by atoms with E-state index in [0.717, 1.165) is 11.3 Å². The predicted octanol–water partition coefficient (Wildman–Crippen LogP) is 0.300. The Kier molecular flexibility index (Phi) is 1.56. The second-order valence-electron chi connectivity index (χ2n) is 4.26. The molecular formula is C10H12N4O. The van der Waals surface area contributed by atoms with E-state index in [1.807, 2.05) is 19.2 Å². The van der Waals surface area contributed by atoms with Crippen LogP contribution in [0.15, 0.2) is 24.7 Å². The lowest BCUT2D eigenvalue weighted by Crippen LogP contribution is -2.60. The zero-order valence-electron chi connectivity index (χ0n) is 8.46. The molecule has 0 atom stereocenters. The first-order valence-electron chi connectivity index (χ1n) is 4.91. The number of fused-ring (bicyclic) bond motifs is 1. The maximum atomic E-state index is 9.68.